The molecule has 5 nitrogen and oxygen atoms in total. The number of hydrogen-bond acceptors (Lipinski definition) is 6. The average molecular weight is 250 g/mol. The largest absolute Gasteiger partial charge is 0.333 e. The van der Waals surface area contributed by atoms with Crippen molar-refractivity contribution in [3.8, 4) is 10.8 Å². The summed E-state index contributed by atoms with van der Waals surface area (Å²) in [4.78, 5) is 7.66. The van der Waals surface area contributed by atoms with Gasteiger partial charge >= 0.3 is 0 Å². The van der Waals surface area contributed by atoms with Gasteiger partial charge in [-0.05, 0) is 17.9 Å². The molecule has 0 aromatic carbocycles. The molecule has 2 aromatic rings. The zero-order valence-corrected chi connectivity index (χ0v) is 10.2. The SMILES string of the molecule is NC1CCN(Cc2noc(-c3cccs3)n2)C1. The van der Waals surface area contributed by atoms with E-state index in [9.17, 15) is 0 Å². The maximum Gasteiger partial charge on any atom is 0.268 e. The normalized spacial score (nSPS) is 21.1. The molecule has 1 unspecified atom stereocenters. The standard InChI is InChI=1S/C11H14N4OS/c12-8-3-4-15(6-8)7-10-13-11(16-14-10)9-2-1-5-17-9/h1-2,5,8H,3-4,6-7,12H2. The van der Waals surface area contributed by atoms with Crippen molar-refractivity contribution >= 4 is 11.3 Å². The Balaban J connectivity index is 1.69. The molecule has 3 heterocycles. The van der Waals surface area contributed by atoms with Gasteiger partial charge in [-0.25, -0.2) is 0 Å². The minimum absolute atomic E-state index is 0.290. The number of aromatic nitrogens is 2. The molecule has 0 aliphatic carbocycles. The van der Waals surface area contributed by atoms with E-state index in [1.807, 2.05) is 17.5 Å². The Kier molecular flexibility index (Phi) is 2.92. The Bertz CT molecular complexity index is 481. The van der Waals surface area contributed by atoms with Gasteiger partial charge in [0.05, 0.1) is 11.4 Å². The lowest BCUT2D eigenvalue weighted by Gasteiger charge is -2.11. The molecule has 6 heteroatoms. The van der Waals surface area contributed by atoms with Crippen LogP contribution in [0, 0.1) is 0 Å². The molecular formula is C11H14N4OS. The van der Waals surface area contributed by atoms with Crippen molar-refractivity contribution in [2.45, 2.75) is 19.0 Å². The quantitative estimate of drug-likeness (QED) is 0.890. The van der Waals surface area contributed by atoms with Gasteiger partial charge in [0, 0.05) is 19.1 Å². The van der Waals surface area contributed by atoms with Crippen LogP contribution in [0.5, 0.6) is 0 Å². The van der Waals surface area contributed by atoms with Crippen molar-refractivity contribution < 1.29 is 4.52 Å². The monoisotopic (exact) mass is 250 g/mol. The van der Waals surface area contributed by atoms with Crippen LogP contribution in [0.15, 0.2) is 22.0 Å². The molecule has 0 saturated carbocycles. The molecule has 0 amide bonds. The highest BCUT2D eigenvalue weighted by atomic mass is 32.1. The van der Waals surface area contributed by atoms with Gasteiger partial charge in [0.2, 0.25) is 0 Å². The minimum atomic E-state index is 0.290. The van der Waals surface area contributed by atoms with Crippen LogP contribution in [0.1, 0.15) is 12.2 Å². The van der Waals surface area contributed by atoms with Gasteiger partial charge in [-0.2, -0.15) is 4.98 Å². The van der Waals surface area contributed by atoms with Gasteiger partial charge in [-0.3, -0.25) is 4.90 Å². The summed E-state index contributed by atoms with van der Waals surface area (Å²) in [7, 11) is 0. The maximum absolute atomic E-state index is 5.86. The van der Waals surface area contributed by atoms with Crippen molar-refractivity contribution in [2.75, 3.05) is 13.1 Å². The third-order valence-corrected chi connectivity index (χ3v) is 3.73. The van der Waals surface area contributed by atoms with Gasteiger partial charge in [0.1, 0.15) is 0 Å². The molecule has 2 aromatic heterocycles. The predicted molar refractivity (Wildman–Crippen MR) is 65.5 cm³/mol. The lowest BCUT2D eigenvalue weighted by atomic mass is 10.3. The van der Waals surface area contributed by atoms with Gasteiger partial charge in [0.25, 0.3) is 5.89 Å². The first-order valence-corrected chi connectivity index (χ1v) is 6.53. The second-order valence-electron chi connectivity index (χ2n) is 4.28. The molecule has 3 rings (SSSR count). The van der Waals surface area contributed by atoms with E-state index in [2.05, 4.69) is 15.0 Å². The van der Waals surface area contributed by atoms with E-state index in [0.717, 1.165) is 36.8 Å². The van der Waals surface area contributed by atoms with E-state index in [1.54, 1.807) is 11.3 Å². The highest BCUT2D eigenvalue weighted by Crippen LogP contribution is 2.22. The molecule has 1 aliphatic rings. The molecule has 0 bridgehead atoms. The van der Waals surface area contributed by atoms with E-state index in [1.165, 1.54) is 0 Å². The van der Waals surface area contributed by atoms with Crippen LogP contribution in [0.2, 0.25) is 0 Å². The van der Waals surface area contributed by atoms with E-state index in [0.29, 0.717) is 11.9 Å². The summed E-state index contributed by atoms with van der Waals surface area (Å²) in [6, 6.07) is 4.25. The van der Waals surface area contributed by atoms with Crippen LogP contribution in [0.3, 0.4) is 0 Å². The lowest BCUT2D eigenvalue weighted by Crippen LogP contribution is -2.26. The first-order chi connectivity index (χ1) is 8.31. The summed E-state index contributed by atoms with van der Waals surface area (Å²) >= 11 is 1.60. The minimum Gasteiger partial charge on any atom is -0.333 e. The molecule has 1 aliphatic heterocycles. The van der Waals surface area contributed by atoms with Crippen LogP contribution in [-0.4, -0.2) is 34.2 Å². The fourth-order valence-electron chi connectivity index (χ4n) is 2.02. The van der Waals surface area contributed by atoms with E-state index in [-0.39, 0.29) is 0 Å². The predicted octanol–water partition coefficient (Wildman–Crippen LogP) is 1.33. The number of rotatable bonds is 3. The smallest absolute Gasteiger partial charge is 0.268 e. The summed E-state index contributed by atoms with van der Waals surface area (Å²) in [6.07, 6.45) is 1.05. The summed E-state index contributed by atoms with van der Waals surface area (Å²) in [6.45, 7) is 2.66. The Morgan fingerprint density at radius 1 is 1.59 bits per heavy atom. The first-order valence-electron chi connectivity index (χ1n) is 5.65. The van der Waals surface area contributed by atoms with E-state index < -0.39 is 0 Å². The third-order valence-electron chi connectivity index (χ3n) is 2.87. The van der Waals surface area contributed by atoms with E-state index >= 15 is 0 Å². The summed E-state index contributed by atoms with van der Waals surface area (Å²) in [5.74, 6) is 1.35. The summed E-state index contributed by atoms with van der Waals surface area (Å²) < 4.78 is 5.24. The Hall–Kier alpha value is -1.24. The van der Waals surface area contributed by atoms with Crippen LogP contribution in [0.25, 0.3) is 10.8 Å². The number of likely N-dealkylation sites (tertiary alicyclic amines) is 1. The molecule has 17 heavy (non-hydrogen) atoms. The van der Waals surface area contributed by atoms with E-state index in [4.69, 9.17) is 10.3 Å². The molecule has 1 fully saturated rings. The fourth-order valence-corrected chi connectivity index (χ4v) is 2.67. The highest BCUT2D eigenvalue weighted by Gasteiger charge is 2.21. The molecule has 0 spiro atoms. The molecule has 0 radical (unpaired) electrons. The van der Waals surface area contributed by atoms with Crippen molar-refractivity contribution in [3.63, 3.8) is 0 Å². The van der Waals surface area contributed by atoms with Crippen molar-refractivity contribution in [1.82, 2.24) is 15.0 Å². The van der Waals surface area contributed by atoms with Crippen LogP contribution >= 0.6 is 11.3 Å². The van der Waals surface area contributed by atoms with Crippen LogP contribution < -0.4 is 5.73 Å². The second kappa shape index (κ2) is 4.56. The summed E-state index contributed by atoms with van der Waals surface area (Å²) in [5.41, 5.74) is 5.86. The zero-order chi connectivity index (χ0) is 11.7. The molecule has 90 valence electrons. The average Bonchev–Trinajstić information content (AvgIpc) is 3.00. The number of thiophene rings is 1. The zero-order valence-electron chi connectivity index (χ0n) is 9.37. The molecule has 2 N–H and O–H groups in total. The lowest BCUT2D eigenvalue weighted by molar-refractivity contribution is 0.309. The van der Waals surface area contributed by atoms with Crippen LogP contribution in [0.4, 0.5) is 0 Å². The second-order valence-corrected chi connectivity index (χ2v) is 5.22. The van der Waals surface area contributed by atoms with Gasteiger partial charge in [0.15, 0.2) is 5.82 Å². The fraction of sp³-hybridized carbons (Fsp3) is 0.455. The third kappa shape index (κ3) is 2.38. The van der Waals surface area contributed by atoms with Gasteiger partial charge in [-0.15, -0.1) is 11.3 Å². The number of nitrogens with two attached hydrogens (primary N) is 1. The van der Waals surface area contributed by atoms with Crippen LogP contribution in [-0.2, 0) is 6.54 Å². The number of hydrogen-bond donors (Lipinski definition) is 1. The van der Waals surface area contributed by atoms with Crippen molar-refractivity contribution in [2.24, 2.45) is 5.73 Å². The van der Waals surface area contributed by atoms with Crippen molar-refractivity contribution in [3.05, 3.63) is 23.3 Å². The highest BCUT2D eigenvalue weighted by molar-refractivity contribution is 7.13. The maximum atomic E-state index is 5.86. The van der Waals surface area contributed by atoms with Gasteiger partial charge in [-0.1, -0.05) is 11.2 Å². The first kappa shape index (κ1) is 10.9. The molecule has 1 saturated heterocycles. The van der Waals surface area contributed by atoms with Crippen molar-refractivity contribution in [1.29, 1.82) is 0 Å². The van der Waals surface area contributed by atoms with Gasteiger partial charge < -0.3 is 10.3 Å². The Morgan fingerprint density at radius 3 is 3.24 bits per heavy atom. The topological polar surface area (TPSA) is 68.2 Å². The number of nitrogens with zero attached hydrogens (tertiary/aromatic N) is 3. The molecule has 1 atom stereocenters. The Labute approximate surface area is 103 Å². The summed E-state index contributed by atoms with van der Waals surface area (Å²) in [5, 5.41) is 6.00. The molecular weight excluding hydrogens is 236 g/mol. The Morgan fingerprint density at radius 2 is 2.53 bits per heavy atom.